The molecule has 1 heterocycles. The molecule has 12 heavy (non-hydrogen) atoms. The first-order valence-electron chi connectivity index (χ1n) is 3.35. The monoisotopic (exact) mass is 207 g/mol. The maximum absolute atomic E-state index is 5.60. The molecule has 0 atom stereocenters. The third-order valence-corrected chi connectivity index (χ3v) is 1.60. The summed E-state index contributed by atoms with van der Waals surface area (Å²) in [6.45, 7) is 0.617. The number of aromatic nitrogens is 1. The number of methoxy groups -OCH3 is 1. The van der Waals surface area contributed by atoms with Crippen LogP contribution in [0.25, 0.3) is 0 Å². The summed E-state index contributed by atoms with van der Waals surface area (Å²) in [5, 5.41) is 0. The fraction of sp³-hybridized carbons (Fsp3) is 0.375. The zero-order valence-corrected chi connectivity index (χ0v) is 8.36. The zero-order valence-electron chi connectivity index (χ0n) is 6.79. The van der Waals surface area contributed by atoms with Gasteiger partial charge in [0, 0.05) is 13.3 Å². The molecule has 0 aliphatic carbocycles. The van der Waals surface area contributed by atoms with Gasteiger partial charge < -0.3 is 4.74 Å². The smallest absolute Gasteiger partial charge is 0.0714 e. The molecule has 1 aromatic rings. The maximum Gasteiger partial charge on any atom is 0.0714 e. The fourth-order valence-electron chi connectivity index (χ4n) is 0.858. The van der Waals surface area contributed by atoms with Crippen molar-refractivity contribution in [1.82, 2.24) is 4.98 Å². The van der Waals surface area contributed by atoms with Gasteiger partial charge in [-0.3, -0.25) is 4.98 Å². The summed E-state index contributed by atoms with van der Waals surface area (Å²) >= 11 is 5.60. The SMILES string of the molecule is COCc1ccnc(CCl)c1.Cl. The van der Waals surface area contributed by atoms with Gasteiger partial charge in [-0.2, -0.15) is 0 Å². The van der Waals surface area contributed by atoms with Crippen LogP contribution < -0.4 is 0 Å². The first kappa shape index (κ1) is 11.7. The van der Waals surface area contributed by atoms with E-state index < -0.39 is 0 Å². The van der Waals surface area contributed by atoms with Gasteiger partial charge in [-0.25, -0.2) is 0 Å². The molecule has 0 N–H and O–H groups in total. The van der Waals surface area contributed by atoms with Crippen molar-refractivity contribution in [1.29, 1.82) is 0 Å². The Hall–Kier alpha value is -0.310. The fourth-order valence-corrected chi connectivity index (χ4v) is 1.00. The summed E-state index contributed by atoms with van der Waals surface area (Å²) in [5.74, 6) is 0.456. The molecule has 0 amide bonds. The third-order valence-electron chi connectivity index (χ3n) is 1.33. The second kappa shape index (κ2) is 6.23. The number of alkyl halides is 1. The van der Waals surface area contributed by atoms with Gasteiger partial charge >= 0.3 is 0 Å². The molecule has 4 heteroatoms. The van der Waals surface area contributed by atoms with Gasteiger partial charge in [-0.1, -0.05) is 0 Å². The molecule has 0 spiro atoms. The lowest BCUT2D eigenvalue weighted by molar-refractivity contribution is 0.185. The number of pyridine rings is 1. The van der Waals surface area contributed by atoms with Gasteiger partial charge in [0.25, 0.3) is 0 Å². The zero-order chi connectivity index (χ0) is 8.10. The second-order valence-corrected chi connectivity index (χ2v) is 2.49. The van der Waals surface area contributed by atoms with Crippen molar-refractivity contribution in [3.05, 3.63) is 29.6 Å². The van der Waals surface area contributed by atoms with Crippen LogP contribution in [0.3, 0.4) is 0 Å². The van der Waals surface area contributed by atoms with Gasteiger partial charge in [0.2, 0.25) is 0 Å². The van der Waals surface area contributed by atoms with E-state index in [4.69, 9.17) is 16.3 Å². The Morgan fingerprint density at radius 1 is 1.58 bits per heavy atom. The first-order valence-corrected chi connectivity index (χ1v) is 3.89. The van der Waals surface area contributed by atoms with E-state index >= 15 is 0 Å². The van der Waals surface area contributed by atoms with Gasteiger partial charge in [0.05, 0.1) is 18.2 Å². The van der Waals surface area contributed by atoms with Crippen LogP contribution in [0.4, 0.5) is 0 Å². The molecule has 0 bridgehead atoms. The molecule has 0 fully saturated rings. The van der Waals surface area contributed by atoms with E-state index in [0.717, 1.165) is 11.3 Å². The molecule has 0 aliphatic heterocycles. The maximum atomic E-state index is 5.60. The normalized spacial score (nSPS) is 9.17. The van der Waals surface area contributed by atoms with Gasteiger partial charge in [0.15, 0.2) is 0 Å². The number of hydrogen-bond donors (Lipinski definition) is 0. The number of nitrogens with zero attached hydrogens (tertiary/aromatic N) is 1. The van der Waals surface area contributed by atoms with Crippen molar-refractivity contribution in [2.75, 3.05) is 7.11 Å². The minimum Gasteiger partial charge on any atom is -0.380 e. The number of ether oxygens (including phenoxy) is 1. The van der Waals surface area contributed by atoms with Crippen molar-refractivity contribution < 1.29 is 4.74 Å². The molecular weight excluding hydrogens is 197 g/mol. The van der Waals surface area contributed by atoms with Crippen LogP contribution in [0.1, 0.15) is 11.3 Å². The Morgan fingerprint density at radius 2 is 2.33 bits per heavy atom. The molecule has 1 rings (SSSR count). The van der Waals surface area contributed by atoms with Crippen LogP contribution in [0.2, 0.25) is 0 Å². The van der Waals surface area contributed by atoms with Crippen LogP contribution in [-0.2, 0) is 17.2 Å². The van der Waals surface area contributed by atoms with Crippen LogP contribution >= 0.6 is 24.0 Å². The van der Waals surface area contributed by atoms with Crippen LogP contribution in [0, 0.1) is 0 Å². The Morgan fingerprint density at radius 3 is 2.92 bits per heavy atom. The van der Waals surface area contributed by atoms with Crippen molar-refractivity contribution in [2.45, 2.75) is 12.5 Å². The molecular formula is C8H11Cl2NO. The van der Waals surface area contributed by atoms with Crippen molar-refractivity contribution in [2.24, 2.45) is 0 Å². The van der Waals surface area contributed by atoms with Crippen molar-refractivity contribution in [3.63, 3.8) is 0 Å². The molecule has 0 unspecified atom stereocenters. The van der Waals surface area contributed by atoms with E-state index in [0.29, 0.717) is 12.5 Å². The standard InChI is InChI=1S/C8H10ClNO.ClH/c1-11-6-7-2-3-10-8(4-7)5-9;/h2-4H,5-6H2,1H3;1H. The summed E-state index contributed by atoms with van der Waals surface area (Å²) in [5.41, 5.74) is 2.00. The van der Waals surface area contributed by atoms with Gasteiger partial charge in [-0.05, 0) is 17.7 Å². The largest absolute Gasteiger partial charge is 0.380 e. The number of rotatable bonds is 3. The number of halogens is 2. The van der Waals surface area contributed by atoms with Crippen molar-refractivity contribution >= 4 is 24.0 Å². The molecule has 0 radical (unpaired) electrons. The summed E-state index contributed by atoms with van der Waals surface area (Å²) < 4.78 is 4.96. The molecule has 0 aromatic carbocycles. The summed E-state index contributed by atoms with van der Waals surface area (Å²) in [7, 11) is 1.67. The first-order chi connectivity index (χ1) is 5.36. The molecule has 68 valence electrons. The lowest BCUT2D eigenvalue weighted by Crippen LogP contribution is -1.91. The van der Waals surface area contributed by atoms with E-state index in [1.54, 1.807) is 13.3 Å². The average Bonchev–Trinajstić information content (AvgIpc) is 2.06. The Labute approximate surface area is 83.3 Å². The average molecular weight is 208 g/mol. The Balaban J connectivity index is 0.00000121. The summed E-state index contributed by atoms with van der Waals surface area (Å²) in [6, 6.07) is 3.86. The third kappa shape index (κ3) is 3.39. The minimum atomic E-state index is 0. The molecule has 2 nitrogen and oxygen atoms in total. The number of hydrogen-bond acceptors (Lipinski definition) is 2. The van der Waals surface area contributed by atoms with E-state index in [-0.39, 0.29) is 12.4 Å². The molecule has 0 aliphatic rings. The lowest BCUT2D eigenvalue weighted by Gasteiger charge is -1.99. The van der Waals surface area contributed by atoms with Crippen LogP contribution in [0.5, 0.6) is 0 Å². The highest BCUT2D eigenvalue weighted by Gasteiger charge is 1.94. The summed E-state index contributed by atoms with van der Waals surface area (Å²) in [4.78, 5) is 4.05. The highest BCUT2D eigenvalue weighted by molar-refractivity contribution is 6.16. The highest BCUT2D eigenvalue weighted by atomic mass is 35.5. The molecule has 1 aromatic heterocycles. The summed E-state index contributed by atoms with van der Waals surface area (Å²) in [6.07, 6.45) is 1.74. The predicted octanol–water partition coefficient (Wildman–Crippen LogP) is 2.39. The second-order valence-electron chi connectivity index (χ2n) is 2.22. The van der Waals surface area contributed by atoms with Gasteiger partial charge in [0.1, 0.15) is 0 Å². The predicted molar refractivity (Wildman–Crippen MR) is 51.8 cm³/mol. The minimum absolute atomic E-state index is 0. The van der Waals surface area contributed by atoms with Crippen molar-refractivity contribution in [3.8, 4) is 0 Å². The Kier molecular flexibility index (Phi) is 6.07. The van der Waals surface area contributed by atoms with Crippen LogP contribution in [0.15, 0.2) is 18.3 Å². The molecule has 0 saturated carbocycles. The van der Waals surface area contributed by atoms with E-state index in [1.807, 2.05) is 12.1 Å². The van der Waals surface area contributed by atoms with E-state index in [9.17, 15) is 0 Å². The highest BCUT2D eigenvalue weighted by Crippen LogP contribution is 2.04. The molecule has 0 saturated heterocycles. The Bertz CT molecular complexity index is 230. The topological polar surface area (TPSA) is 22.1 Å². The van der Waals surface area contributed by atoms with E-state index in [1.165, 1.54) is 0 Å². The lowest BCUT2D eigenvalue weighted by atomic mass is 10.2. The quantitative estimate of drug-likeness (QED) is 0.711. The van der Waals surface area contributed by atoms with E-state index in [2.05, 4.69) is 4.98 Å². The van der Waals surface area contributed by atoms with Crippen LogP contribution in [-0.4, -0.2) is 12.1 Å². The van der Waals surface area contributed by atoms with Gasteiger partial charge in [-0.15, -0.1) is 24.0 Å².